The molecule has 0 fully saturated rings. The van der Waals surface area contributed by atoms with E-state index in [1.54, 1.807) is 0 Å². The van der Waals surface area contributed by atoms with Gasteiger partial charge in [-0.05, 0) is 87.0 Å². The molecular weight excluding hydrogens is 364 g/mol. The van der Waals surface area contributed by atoms with Crippen molar-refractivity contribution in [2.45, 2.75) is 132 Å². The van der Waals surface area contributed by atoms with Crippen molar-refractivity contribution in [2.75, 3.05) is 0 Å². The first-order valence-corrected chi connectivity index (χ1v) is 12.8. The maximum absolute atomic E-state index is 10.9. The number of aryl methyl sites for hydroxylation is 4. The Labute approximate surface area is 189 Å². The molecule has 30 heavy (non-hydrogen) atoms. The minimum atomic E-state index is -0.546. The second-order valence-electron chi connectivity index (χ2n) is 11.2. The van der Waals surface area contributed by atoms with Gasteiger partial charge in [-0.3, -0.25) is 0 Å². The third-order valence-corrected chi connectivity index (χ3v) is 7.17. The Morgan fingerprint density at radius 2 is 1.20 bits per heavy atom. The molecule has 1 nitrogen and oxygen atoms in total. The SMILES string of the molecule is Cc1cc(C)c(CCC(C)(O)CCCC(C)CCCC(C)CCCC(C)C)cc1C. The minimum absolute atomic E-state index is 0.546. The zero-order chi connectivity index (χ0) is 22.7. The van der Waals surface area contributed by atoms with Crippen LogP contribution in [0.5, 0.6) is 0 Å². The molecule has 0 radical (unpaired) electrons. The van der Waals surface area contributed by atoms with Crippen molar-refractivity contribution in [3.8, 4) is 0 Å². The lowest BCUT2D eigenvalue weighted by Crippen LogP contribution is -2.25. The van der Waals surface area contributed by atoms with Gasteiger partial charge in [-0.2, -0.15) is 0 Å². The van der Waals surface area contributed by atoms with Gasteiger partial charge in [-0.1, -0.05) is 91.2 Å². The summed E-state index contributed by atoms with van der Waals surface area (Å²) < 4.78 is 0. The molecule has 0 spiro atoms. The summed E-state index contributed by atoms with van der Waals surface area (Å²) in [6.07, 6.45) is 13.4. The molecule has 0 heterocycles. The standard InChI is InChI=1S/C29H52O/c1-22(2)12-9-13-23(3)14-10-15-24(4)16-11-18-29(8,30)19-17-28-21-26(6)25(5)20-27(28)7/h20-24,30H,9-19H2,1-8H3. The van der Waals surface area contributed by atoms with Crippen LogP contribution in [0.25, 0.3) is 0 Å². The lowest BCUT2D eigenvalue weighted by atomic mass is 9.87. The molecule has 1 N–H and O–H groups in total. The molecule has 0 bridgehead atoms. The number of rotatable bonds is 15. The Morgan fingerprint density at radius 3 is 1.77 bits per heavy atom. The van der Waals surface area contributed by atoms with E-state index in [0.29, 0.717) is 0 Å². The van der Waals surface area contributed by atoms with Gasteiger partial charge < -0.3 is 5.11 Å². The predicted molar refractivity (Wildman–Crippen MR) is 134 cm³/mol. The molecule has 0 aromatic heterocycles. The van der Waals surface area contributed by atoms with Gasteiger partial charge in [0.25, 0.3) is 0 Å². The number of aliphatic hydroxyl groups is 1. The molecule has 1 aromatic carbocycles. The normalized spacial score (nSPS) is 15.9. The highest BCUT2D eigenvalue weighted by Crippen LogP contribution is 2.26. The quantitative estimate of drug-likeness (QED) is 0.303. The first-order chi connectivity index (χ1) is 14.0. The Morgan fingerprint density at radius 1 is 0.700 bits per heavy atom. The summed E-state index contributed by atoms with van der Waals surface area (Å²) in [5.74, 6) is 2.51. The van der Waals surface area contributed by atoms with Crippen LogP contribution in [0.4, 0.5) is 0 Å². The van der Waals surface area contributed by atoms with Crippen molar-refractivity contribution in [2.24, 2.45) is 17.8 Å². The predicted octanol–water partition coefficient (Wildman–Crippen LogP) is 8.73. The Balaban J connectivity index is 2.22. The molecule has 0 saturated heterocycles. The van der Waals surface area contributed by atoms with Crippen molar-refractivity contribution in [1.29, 1.82) is 0 Å². The van der Waals surface area contributed by atoms with Crippen molar-refractivity contribution in [3.05, 3.63) is 34.4 Å². The molecule has 3 unspecified atom stereocenters. The van der Waals surface area contributed by atoms with E-state index >= 15 is 0 Å². The zero-order valence-corrected chi connectivity index (χ0v) is 21.6. The molecule has 174 valence electrons. The zero-order valence-electron chi connectivity index (χ0n) is 21.6. The fourth-order valence-corrected chi connectivity index (χ4v) is 4.63. The Bertz CT molecular complexity index is 599. The van der Waals surface area contributed by atoms with E-state index in [-0.39, 0.29) is 0 Å². The van der Waals surface area contributed by atoms with E-state index in [9.17, 15) is 5.11 Å². The van der Waals surface area contributed by atoms with Crippen LogP contribution in [-0.2, 0) is 6.42 Å². The maximum Gasteiger partial charge on any atom is 0.0623 e. The van der Waals surface area contributed by atoms with E-state index in [2.05, 4.69) is 60.6 Å². The van der Waals surface area contributed by atoms with Gasteiger partial charge in [0.05, 0.1) is 5.60 Å². The molecule has 0 aliphatic heterocycles. The van der Waals surface area contributed by atoms with Crippen molar-refractivity contribution in [3.63, 3.8) is 0 Å². The second-order valence-corrected chi connectivity index (χ2v) is 11.2. The van der Waals surface area contributed by atoms with Gasteiger partial charge in [0, 0.05) is 0 Å². The fraction of sp³-hybridized carbons (Fsp3) is 0.793. The highest BCUT2D eigenvalue weighted by Gasteiger charge is 2.20. The van der Waals surface area contributed by atoms with Crippen molar-refractivity contribution >= 4 is 0 Å². The summed E-state index contributed by atoms with van der Waals surface area (Å²) in [5, 5.41) is 10.9. The Hall–Kier alpha value is -0.820. The van der Waals surface area contributed by atoms with Gasteiger partial charge in [0.2, 0.25) is 0 Å². The lowest BCUT2D eigenvalue weighted by molar-refractivity contribution is 0.0386. The van der Waals surface area contributed by atoms with Crippen LogP contribution in [0.1, 0.15) is 121 Å². The van der Waals surface area contributed by atoms with E-state index in [1.165, 1.54) is 67.2 Å². The average molecular weight is 417 g/mol. The van der Waals surface area contributed by atoms with Crippen LogP contribution >= 0.6 is 0 Å². The topological polar surface area (TPSA) is 20.2 Å². The molecular formula is C29H52O. The third-order valence-electron chi connectivity index (χ3n) is 7.17. The highest BCUT2D eigenvalue weighted by molar-refractivity contribution is 5.36. The van der Waals surface area contributed by atoms with Gasteiger partial charge in [-0.15, -0.1) is 0 Å². The lowest BCUT2D eigenvalue weighted by Gasteiger charge is -2.25. The smallest absolute Gasteiger partial charge is 0.0623 e. The van der Waals surface area contributed by atoms with Crippen LogP contribution in [0, 0.1) is 38.5 Å². The maximum atomic E-state index is 10.9. The van der Waals surface area contributed by atoms with Crippen LogP contribution in [0.2, 0.25) is 0 Å². The van der Waals surface area contributed by atoms with E-state index < -0.39 is 5.60 Å². The van der Waals surface area contributed by atoms with Crippen LogP contribution in [-0.4, -0.2) is 10.7 Å². The number of hydrogen-bond donors (Lipinski definition) is 1. The average Bonchev–Trinajstić information content (AvgIpc) is 2.63. The van der Waals surface area contributed by atoms with Crippen LogP contribution in [0.15, 0.2) is 12.1 Å². The summed E-state index contributed by atoms with van der Waals surface area (Å²) in [6.45, 7) is 18.1. The summed E-state index contributed by atoms with van der Waals surface area (Å²) >= 11 is 0. The molecule has 3 atom stereocenters. The molecule has 0 saturated carbocycles. The Kier molecular flexibility index (Phi) is 12.3. The molecule has 1 rings (SSSR count). The summed E-state index contributed by atoms with van der Waals surface area (Å²) in [4.78, 5) is 0. The van der Waals surface area contributed by atoms with Gasteiger partial charge in [-0.25, -0.2) is 0 Å². The summed E-state index contributed by atoms with van der Waals surface area (Å²) in [7, 11) is 0. The minimum Gasteiger partial charge on any atom is -0.390 e. The second kappa shape index (κ2) is 13.6. The molecule has 1 heteroatoms. The molecule has 0 aliphatic rings. The van der Waals surface area contributed by atoms with E-state index in [1.807, 2.05) is 6.92 Å². The van der Waals surface area contributed by atoms with Gasteiger partial charge >= 0.3 is 0 Å². The summed E-state index contributed by atoms with van der Waals surface area (Å²) in [6, 6.07) is 4.60. The third kappa shape index (κ3) is 11.5. The monoisotopic (exact) mass is 416 g/mol. The fourth-order valence-electron chi connectivity index (χ4n) is 4.63. The van der Waals surface area contributed by atoms with Crippen LogP contribution < -0.4 is 0 Å². The number of benzene rings is 1. The number of hydrogen-bond acceptors (Lipinski definition) is 1. The first-order valence-electron chi connectivity index (χ1n) is 12.8. The van der Waals surface area contributed by atoms with Crippen LogP contribution in [0.3, 0.4) is 0 Å². The van der Waals surface area contributed by atoms with Gasteiger partial charge in [0.1, 0.15) is 0 Å². The molecule has 0 amide bonds. The molecule has 0 aliphatic carbocycles. The van der Waals surface area contributed by atoms with Gasteiger partial charge in [0.15, 0.2) is 0 Å². The largest absolute Gasteiger partial charge is 0.390 e. The summed E-state index contributed by atoms with van der Waals surface area (Å²) in [5.41, 5.74) is 4.94. The highest BCUT2D eigenvalue weighted by atomic mass is 16.3. The van der Waals surface area contributed by atoms with E-state index in [0.717, 1.165) is 43.4 Å². The van der Waals surface area contributed by atoms with Crippen molar-refractivity contribution in [1.82, 2.24) is 0 Å². The molecule has 1 aromatic rings. The first kappa shape index (κ1) is 27.2. The van der Waals surface area contributed by atoms with E-state index in [4.69, 9.17) is 0 Å². The van der Waals surface area contributed by atoms with Crippen molar-refractivity contribution < 1.29 is 5.11 Å².